The molecule has 0 saturated carbocycles. The van der Waals surface area contributed by atoms with Crippen LogP contribution in [0.2, 0.25) is 0 Å². The van der Waals surface area contributed by atoms with Crippen LogP contribution in [-0.2, 0) is 33.4 Å². The van der Waals surface area contributed by atoms with Gasteiger partial charge in [0.25, 0.3) is 12.0 Å². The summed E-state index contributed by atoms with van der Waals surface area (Å²) >= 11 is 0. The second-order valence-corrected chi connectivity index (χ2v) is 12.3. The summed E-state index contributed by atoms with van der Waals surface area (Å²) in [5.74, 6) is -1.78. The largest absolute Gasteiger partial charge is 0.459 e. The minimum atomic E-state index is -1.64. The van der Waals surface area contributed by atoms with Crippen molar-refractivity contribution in [2.24, 2.45) is 0 Å². The normalized spacial score (nSPS) is 22.6. The van der Waals surface area contributed by atoms with Gasteiger partial charge in [-0.25, -0.2) is 9.59 Å². The standard InChI is InChI=1S/C31H52N2O7/c1-8-20-37-26(34)25(27(35)38-21-9-2)40-33-29(3,4)23-31(24-30(33,5)6)28(36)32(7)19-17-15-13-11-10-12-14-16-18-22-39-31/h8-9,25H,1-2,10-24H2,3-7H3. The molecule has 9 nitrogen and oxygen atoms in total. The summed E-state index contributed by atoms with van der Waals surface area (Å²) in [4.78, 5) is 47.8. The molecule has 0 aromatic carbocycles. The Bertz CT molecular complexity index is 828. The van der Waals surface area contributed by atoms with Crippen LogP contribution in [0.5, 0.6) is 0 Å². The molecule has 0 atom stereocenters. The maximum atomic E-state index is 14.1. The molecule has 0 aromatic heterocycles. The van der Waals surface area contributed by atoms with Crippen molar-refractivity contribution in [1.29, 1.82) is 0 Å². The lowest BCUT2D eigenvalue weighted by Crippen LogP contribution is -2.70. The first-order valence-electron chi connectivity index (χ1n) is 14.8. The molecule has 2 heterocycles. The van der Waals surface area contributed by atoms with Gasteiger partial charge >= 0.3 is 11.9 Å². The smallest absolute Gasteiger partial charge is 0.349 e. The van der Waals surface area contributed by atoms with Crippen LogP contribution in [0.3, 0.4) is 0 Å². The van der Waals surface area contributed by atoms with Crippen molar-refractivity contribution in [3.8, 4) is 0 Å². The van der Waals surface area contributed by atoms with E-state index in [1.165, 1.54) is 44.3 Å². The molecule has 9 heteroatoms. The number of piperidine rings is 1. The summed E-state index contributed by atoms with van der Waals surface area (Å²) in [6, 6.07) is 0. The molecule has 0 radical (unpaired) electrons. The van der Waals surface area contributed by atoms with Crippen LogP contribution in [0.4, 0.5) is 0 Å². The third-order valence-corrected chi connectivity index (χ3v) is 7.61. The van der Waals surface area contributed by atoms with Crippen LogP contribution >= 0.6 is 0 Å². The number of hydroxylamine groups is 2. The Morgan fingerprint density at radius 1 is 0.850 bits per heavy atom. The number of nitrogens with zero attached hydrogens (tertiary/aromatic N) is 2. The van der Waals surface area contributed by atoms with Gasteiger partial charge in [0.15, 0.2) is 0 Å². The molecule has 2 rings (SSSR count). The Balaban J connectivity index is 2.36. The molecule has 0 unspecified atom stereocenters. The van der Waals surface area contributed by atoms with Crippen molar-refractivity contribution in [2.75, 3.05) is 33.4 Å². The zero-order valence-electron chi connectivity index (χ0n) is 25.5. The second kappa shape index (κ2) is 15.7. The maximum absolute atomic E-state index is 14.1. The average Bonchev–Trinajstić information content (AvgIpc) is 2.89. The van der Waals surface area contributed by atoms with E-state index in [2.05, 4.69) is 13.2 Å². The average molecular weight is 565 g/mol. The van der Waals surface area contributed by atoms with E-state index in [1.54, 1.807) is 5.06 Å². The maximum Gasteiger partial charge on any atom is 0.349 e. The van der Waals surface area contributed by atoms with Gasteiger partial charge in [-0.1, -0.05) is 70.3 Å². The van der Waals surface area contributed by atoms with Gasteiger partial charge in [0.1, 0.15) is 18.8 Å². The van der Waals surface area contributed by atoms with Crippen LogP contribution in [-0.4, -0.2) is 84.0 Å². The first-order valence-corrected chi connectivity index (χ1v) is 14.8. The number of amides is 1. The molecule has 0 N–H and O–H groups in total. The number of carbonyl (C=O) groups is 3. The van der Waals surface area contributed by atoms with E-state index in [4.69, 9.17) is 19.0 Å². The van der Waals surface area contributed by atoms with E-state index in [9.17, 15) is 14.4 Å². The van der Waals surface area contributed by atoms with E-state index in [0.29, 0.717) is 26.0 Å². The predicted octanol–water partition coefficient (Wildman–Crippen LogP) is 5.14. The van der Waals surface area contributed by atoms with Gasteiger partial charge in [-0.05, 0) is 40.5 Å². The van der Waals surface area contributed by atoms with Crippen molar-refractivity contribution < 1.29 is 33.4 Å². The summed E-state index contributed by atoms with van der Waals surface area (Å²) < 4.78 is 16.9. The molecule has 40 heavy (non-hydrogen) atoms. The third-order valence-electron chi connectivity index (χ3n) is 7.61. The van der Waals surface area contributed by atoms with Gasteiger partial charge < -0.3 is 19.1 Å². The number of likely N-dealkylation sites (N-methyl/N-ethyl adjacent to an activating group) is 1. The Labute approximate surface area is 241 Å². The van der Waals surface area contributed by atoms with Gasteiger partial charge in [0, 0.05) is 44.1 Å². The number of hydrogen-bond acceptors (Lipinski definition) is 8. The predicted molar refractivity (Wildman–Crippen MR) is 154 cm³/mol. The van der Waals surface area contributed by atoms with Crippen LogP contribution in [0.25, 0.3) is 0 Å². The Hall–Kier alpha value is -2.23. The molecule has 0 bridgehead atoms. The van der Waals surface area contributed by atoms with Crippen molar-refractivity contribution in [3.05, 3.63) is 25.3 Å². The molecule has 0 aromatic rings. The molecule has 2 fully saturated rings. The van der Waals surface area contributed by atoms with Crippen LogP contribution < -0.4 is 0 Å². The fourth-order valence-electron chi connectivity index (χ4n) is 6.15. The lowest BCUT2D eigenvalue weighted by Gasteiger charge is -2.57. The zero-order valence-corrected chi connectivity index (χ0v) is 25.5. The first-order chi connectivity index (χ1) is 18.9. The zero-order chi connectivity index (χ0) is 29.8. The number of esters is 2. The monoisotopic (exact) mass is 564 g/mol. The van der Waals surface area contributed by atoms with Crippen LogP contribution in [0.15, 0.2) is 25.3 Å². The molecular weight excluding hydrogens is 512 g/mol. The molecule has 1 amide bonds. The summed E-state index contributed by atoms with van der Waals surface area (Å²) in [6.07, 6.45) is 12.0. The SMILES string of the molecule is C=CCOC(=O)C(ON1C(C)(C)CC2(CC1(C)C)OCCCCCCCCCCCN(C)C2=O)C(=O)OCC=C. The molecular formula is C31H52N2O7. The Morgan fingerprint density at radius 2 is 1.30 bits per heavy atom. The second-order valence-electron chi connectivity index (χ2n) is 12.3. The van der Waals surface area contributed by atoms with Crippen LogP contribution in [0.1, 0.15) is 98.3 Å². The number of ether oxygens (including phenoxy) is 3. The first kappa shape index (κ1) is 34.0. The van der Waals surface area contributed by atoms with Crippen molar-refractivity contribution >= 4 is 17.8 Å². The number of carbonyl (C=O) groups excluding carboxylic acids is 3. The Kier molecular flexibility index (Phi) is 13.3. The highest BCUT2D eigenvalue weighted by atomic mass is 16.7. The van der Waals surface area contributed by atoms with E-state index in [0.717, 1.165) is 25.7 Å². The van der Waals surface area contributed by atoms with Crippen molar-refractivity contribution in [1.82, 2.24) is 9.96 Å². The van der Waals surface area contributed by atoms with Gasteiger partial charge in [0.2, 0.25) is 0 Å². The minimum absolute atomic E-state index is 0.0319. The van der Waals surface area contributed by atoms with Crippen molar-refractivity contribution in [2.45, 2.75) is 121 Å². The fourth-order valence-corrected chi connectivity index (χ4v) is 6.15. The lowest BCUT2D eigenvalue weighted by atomic mass is 9.71. The van der Waals surface area contributed by atoms with Gasteiger partial charge in [-0.3, -0.25) is 9.63 Å². The molecule has 1 spiro atoms. The van der Waals surface area contributed by atoms with E-state index in [-0.39, 0.29) is 19.1 Å². The Morgan fingerprint density at radius 3 is 1.77 bits per heavy atom. The fraction of sp³-hybridized carbons (Fsp3) is 0.774. The van der Waals surface area contributed by atoms with Gasteiger partial charge in [0.05, 0.1) is 0 Å². The van der Waals surface area contributed by atoms with Gasteiger partial charge in [-0.2, -0.15) is 5.06 Å². The van der Waals surface area contributed by atoms with E-state index >= 15 is 0 Å². The highest BCUT2D eigenvalue weighted by Crippen LogP contribution is 2.47. The number of rotatable bonds is 8. The third kappa shape index (κ3) is 9.42. The molecule has 2 saturated heterocycles. The minimum Gasteiger partial charge on any atom is -0.459 e. The topological polar surface area (TPSA) is 94.6 Å². The molecule has 2 aliphatic rings. The van der Waals surface area contributed by atoms with Crippen molar-refractivity contribution in [3.63, 3.8) is 0 Å². The van der Waals surface area contributed by atoms with E-state index in [1.807, 2.05) is 39.6 Å². The number of hydrogen-bond donors (Lipinski definition) is 0. The quantitative estimate of drug-likeness (QED) is 0.227. The molecule has 0 aliphatic carbocycles. The summed E-state index contributed by atoms with van der Waals surface area (Å²) in [6.45, 7) is 15.9. The lowest BCUT2D eigenvalue weighted by molar-refractivity contribution is -0.321. The molecule has 228 valence electrons. The highest BCUT2D eigenvalue weighted by molar-refractivity contribution is 5.98. The van der Waals surface area contributed by atoms with Gasteiger partial charge in [-0.15, -0.1) is 0 Å². The summed E-state index contributed by atoms with van der Waals surface area (Å²) in [5.41, 5.74) is -2.66. The highest BCUT2D eigenvalue weighted by Gasteiger charge is 2.59. The van der Waals surface area contributed by atoms with E-state index < -0.39 is 34.7 Å². The summed E-state index contributed by atoms with van der Waals surface area (Å²) in [7, 11) is 1.86. The van der Waals surface area contributed by atoms with Crippen LogP contribution in [0, 0.1) is 0 Å². The molecule has 2 aliphatic heterocycles. The summed E-state index contributed by atoms with van der Waals surface area (Å²) in [5, 5.41) is 1.65.